The molecule has 0 bridgehead atoms. The molecule has 7 heteroatoms. The Kier molecular flexibility index (Phi) is 5.12. The second-order valence-corrected chi connectivity index (χ2v) is 10.1. The van der Waals surface area contributed by atoms with Gasteiger partial charge in [-0.15, -0.1) is 0 Å². The predicted molar refractivity (Wildman–Crippen MR) is 106 cm³/mol. The first-order valence-electron chi connectivity index (χ1n) is 9.36. The largest absolute Gasteiger partial charge is 0.385 e. The van der Waals surface area contributed by atoms with Crippen LogP contribution in [0.2, 0.25) is 0 Å². The molecule has 1 unspecified atom stereocenters. The second-order valence-electron chi connectivity index (χ2n) is 8.21. The molecular weight excluding hydrogens is 362 g/mol. The van der Waals surface area contributed by atoms with Gasteiger partial charge < -0.3 is 10.2 Å². The summed E-state index contributed by atoms with van der Waals surface area (Å²) >= 11 is 0. The van der Waals surface area contributed by atoms with Gasteiger partial charge in [0.2, 0.25) is 10.0 Å². The van der Waals surface area contributed by atoms with E-state index in [0.717, 1.165) is 11.3 Å². The quantitative estimate of drug-likeness (QED) is 0.852. The van der Waals surface area contributed by atoms with Crippen molar-refractivity contribution in [3.05, 3.63) is 47.2 Å². The molecule has 0 radical (unpaired) electrons. The van der Waals surface area contributed by atoms with Crippen molar-refractivity contribution in [3.63, 3.8) is 0 Å². The summed E-state index contributed by atoms with van der Waals surface area (Å²) in [5, 5.41) is 3.38. The zero-order valence-corrected chi connectivity index (χ0v) is 17.5. The number of carbonyl (C=O) groups is 1. The Morgan fingerprint density at radius 3 is 2.41 bits per heavy atom. The highest BCUT2D eigenvalue weighted by molar-refractivity contribution is 7.88. The fourth-order valence-corrected chi connectivity index (χ4v) is 5.39. The number of amides is 1. The van der Waals surface area contributed by atoms with E-state index in [-0.39, 0.29) is 11.8 Å². The van der Waals surface area contributed by atoms with Gasteiger partial charge in [0.1, 0.15) is 0 Å². The van der Waals surface area contributed by atoms with E-state index in [1.807, 2.05) is 62.9 Å². The highest BCUT2D eigenvalue weighted by atomic mass is 32.2. The molecule has 1 atom stereocenters. The standard InChI is InChI=1S/C20H29N3O3S/c1-14(2)17-16-18(21-11-12-23(17)27(5,25)26)20(3,4)22(19(16)24)13-15-9-7-6-8-10-15/h6-10,14,17,21H,11-13H2,1-5H3. The SMILES string of the molecule is CC(C)C1C2=C(NCCN1S(C)(=O)=O)C(C)(C)N(Cc1ccccc1)C2=O. The number of carbonyl (C=O) groups excluding carboxylic acids is 1. The third-order valence-corrected chi connectivity index (χ3v) is 6.77. The van der Waals surface area contributed by atoms with Gasteiger partial charge in [0.25, 0.3) is 5.91 Å². The maximum atomic E-state index is 13.5. The van der Waals surface area contributed by atoms with E-state index in [1.54, 1.807) is 0 Å². The number of hydrogen-bond acceptors (Lipinski definition) is 4. The Hall–Kier alpha value is -1.86. The van der Waals surface area contributed by atoms with E-state index in [1.165, 1.54) is 10.6 Å². The van der Waals surface area contributed by atoms with E-state index < -0.39 is 21.6 Å². The molecule has 1 N–H and O–H groups in total. The molecule has 1 aromatic carbocycles. The molecular formula is C20H29N3O3S. The normalized spacial score (nSPS) is 23.4. The summed E-state index contributed by atoms with van der Waals surface area (Å²) in [7, 11) is -3.43. The van der Waals surface area contributed by atoms with E-state index in [9.17, 15) is 13.2 Å². The Morgan fingerprint density at radius 1 is 1.22 bits per heavy atom. The van der Waals surface area contributed by atoms with Crippen LogP contribution in [0.15, 0.2) is 41.6 Å². The molecule has 0 aliphatic carbocycles. The number of sulfonamides is 1. The van der Waals surface area contributed by atoms with Crippen LogP contribution in [0.4, 0.5) is 0 Å². The van der Waals surface area contributed by atoms with Crippen molar-refractivity contribution in [2.45, 2.75) is 45.8 Å². The Balaban J connectivity index is 2.06. The van der Waals surface area contributed by atoms with Crippen molar-refractivity contribution in [2.24, 2.45) is 5.92 Å². The average Bonchev–Trinajstić information content (AvgIpc) is 2.74. The van der Waals surface area contributed by atoms with E-state index in [2.05, 4.69) is 5.32 Å². The molecule has 1 aromatic rings. The Bertz CT molecular complexity index is 860. The minimum Gasteiger partial charge on any atom is -0.385 e. The highest BCUT2D eigenvalue weighted by Crippen LogP contribution is 2.40. The summed E-state index contributed by atoms with van der Waals surface area (Å²) in [6, 6.07) is 9.42. The van der Waals surface area contributed by atoms with Gasteiger partial charge >= 0.3 is 0 Å². The van der Waals surface area contributed by atoms with Gasteiger partial charge in [-0.05, 0) is 25.3 Å². The lowest BCUT2D eigenvalue weighted by molar-refractivity contribution is -0.130. The molecule has 3 rings (SSSR count). The minimum atomic E-state index is -3.43. The van der Waals surface area contributed by atoms with Gasteiger partial charge in [-0.2, -0.15) is 4.31 Å². The molecule has 0 saturated heterocycles. The Morgan fingerprint density at radius 2 is 1.85 bits per heavy atom. The van der Waals surface area contributed by atoms with Crippen LogP contribution in [0.5, 0.6) is 0 Å². The molecule has 2 heterocycles. The van der Waals surface area contributed by atoms with Gasteiger partial charge in [0.05, 0.1) is 23.4 Å². The summed E-state index contributed by atoms with van der Waals surface area (Å²) in [6.45, 7) is 9.33. The highest BCUT2D eigenvalue weighted by Gasteiger charge is 2.51. The molecule has 2 aliphatic heterocycles. The lowest BCUT2D eigenvalue weighted by Gasteiger charge is -2.35. The molecule has 1 amide bonds. The third kappa shape index (κ3) is 3.50. The third-order valence-electron chi connectivity index (χ3n) is 5.51. The number of nitrogens with zero attached hydrogens (tertiary/aromatic N) is 2. The van der Waals surface area contributed by atoms with Crippen LogP contribution in [0, 0.1) is 5.92 Å². The zero-order chi connectivity index (χ0) is 20.0. The lowest BCUT2D eigenvalue weighted by atomic mass is 9.92. The van der Waals surface area contributed by atoms with Gasteiger partial charge in [0.15, 0.2) is 0 Å². The predicted octanol–water partition coefficient (Wildman–Crippen LogP) is 1.95. The maximum Gasteiger partial charge on any atom is 0.254 e. The van der Waals surface area contributed by atoms with Gasteiger partial charge in [-0.25, -0.2) is 8.42 Å². The van der Waals surface area contributed by atoms with Crippen molar-refractivity contribution in [1.82, 2.24) is 14.5 Å². The maximum absolute atomic E-state index is 13.5. The molecule has 0 spiro atoms. The number of nitrogens with one attached hydrogen (secondary N) is 1. The molecule has 6 nitrogen and oxygen atoms in total. The molecule has 0 fully saturated rings. The van der Waals surface area contributed by atoms with Crippen molar-refractivity contribution in [3.8, 4) is 0 Å². The van der Waals surface area contributed by atoms with Crippen LogP contribution in [0.3, 0.4) is 0 Å². The van der Waals surface area contributed by atoms with Crippen molar-refractivity contribution in [2.75, 3.05) is 19.3 Å². The molecule has 0 aromatic heterocycles. The summed E-state index contributed by atoms with van der Waals surface area (Å²) in [5.41, 5.74) is 1.97. The van der Waals surface area contributed by atoms with Gasteiger partial charge in [-0.3, -0.25) is 4.79 Å². The lowest BCUT2D eigenvalue weighted by Crippen LogP contribution is -2.49. The van der Waals surface area contributed by atoms with Crippen LogP contribution >= 0.6 is 0 Å². The van der Waals surface area contributed by atoms with Crippen LogP contribution in [0.25, 0.3) is 0 Å². The number of rotatable bonds is 4. The first-order valence-corrected chi connectivity index (χ1v) is 11.2. The molecule has 0 saturated carbocycles. The van der Waals surface area contributed by atoms with E-state index in [0.29, 0.717) is 25.2 Å². The first-order chi connectivity index (χ1) is 12.5. The van der Waals surface area contributed by atoms with Crippen LogP contribution in [0.1, 0.15) is 33.3 Å². The molecule has 148 valence electrons. The van der Waals surface area contributed by atoms with Gasteiger partial charge in [-0.1, -0.05) is 44.2 Å². The topological polar surface area (TPSA) is 69.7 Å². The van der Waals surface area contributed by atoms with Crippen LogP contribution < -0.4 is 5.32 Å². The molecule has 27 heavy (non-hydrogen) atoms. The zero-order valence-electron chi connectivity index (χ0n) is 16.7. The smallest absolute Gasteiger partial charge is 0.254 e. The van der Waals surface area contributed by atoms with Crippen molar-refractivity contribution >= 4 is 15.9 Å². The minimum absolute atomic E-state index is 0.0129. The van der Waals surface area contributed by atoms with E-state index in [4.69, 9.17) is 0 Å². The molecule has 2 aliphatic rings. The Labute approximate surface area is 162 Å². The van der Waals surface area contributed by atoms with Crippen molar-refractivity contribution < 1.29 is 13.2 Å². The van der Waals surface area contributed by atoms with Crippen LogP contribution in [-0.4, -0.2) is 54.5 Å². The van der Waals surface area contributed by atoms with Crippen LogP contribution in [-0.2, 0) is 21.4 Å². The summed E-state index contributed by atoms with van der Waals surface area (Å²) < 4.78 is 26.3. The number of benzene rings is 1. The second kappa shape index (κ2) is 6.95. The van der Waals surface area contributed by atoms with Crippen molar-refractivity contribution in [1.29, 1.82) is 0 Å². The van der Waals surface area contributed by atoms with E-state index >= 15 is 0 Å². The summed E-state index contributed by atoms with van der Waals surface area (Å²) in [4.78, 5) is 15.4. The summed E-state index contributed by atoms with van der Waals surface area (Å²) in [6.07, 6.45) is 1.22. The number of hydrogen-bond donors (Lipinski definition) is 1. The van der Waals surface area contributed by atoms with Gasteiger partial charge in [0, 0.05) is 25.3 Å². The summed E-state index contributed by atoms with van der Waals surface area (Å²) in [5.74, 6) is -0.0957. The fourth-order valence-electron chi connectivity index (χ4n) is 4.20. The fraction of sp³-hybridized carbons (Fsp3) is 0.550. The average molecular weight is 392 g/mol. The monoisotopic (exact) mass is 391 g/mol. The first kappa shape index (κ1) is 19.9.